The predicted molar refractivity (Wildman–Crippen MR) is 228 cm³/mol. The van der Waals surface area contributed by atoms with Crippen LogP contribution >= 0.6 is 0 Å². The molecule has 0 saturated carbocycles. The van der Waals surface area contributed by atoms with Crippen molar-refractivity contribution in [3.05, 3.63) is 206 Å². The van der Waals surface area contributed by atoms with Crippen LogP contribution in [0, 0.1) is 6.92 Å². The Morgan fingerprint density at radius 3 is 1.64 bits per heavy atom. The van der Waals surface area contributed by atoms with Gasteiger partial charge in [-0.2, -0.15) is 0 Å². The van der Waals surface area contributed by atoms with Crippen molar-refractivity contribution in [1.82, 2.24) is 19.3 Å². The standard InChI is InChI=1S/C51H36N4/c1-35-24-26-38(27-25-35)51-52-50(37-14-4-2-5-15-37)53-55(51)41-31-28-36(29-32-41)42-18-8-10-20-44(42)45-21-11-9-19-43(45)39-30-33-49-47(34-39)46-22-12-13-23-48(46)54(49)40-16-6-3-7-17-40/h2-34H,1H3. The van der Waals surface area contributed by atoms with Crippen LogP contribution in [0.3, 0.4) is 0 Å². The van der Waals surface area contributed by atoms with Gasteiger partial charge < -0.3 is 4.57 Å². The fourth-order valence-corrected chi connectivity index (χ4v) is 7.81. The Balaban J connectivity index is 1.05. The first-order chi connectivity index (χ1) is 27.2. The summed E-state index contributed by atoms with van der Waals surface area (Å²) >= 11 is 0. The van der Waals surface area contributed by atoms with Gasteiger partial charge in [0.1, 0.15) is 0 Å². The van der Waals surface area contributed by atoms with Crippen molar-refractivity contribution in [2.24, 2.45) is 0 Å². The van der Waals surface area contributed by atoms with Crippen LogP contribution < -0.4 is 0 Å². The van der Waals surface area contributed by atoms with Crippen molar-refractivity contribution in [2.45, 2.75) is 6.92 Å². The Hall–Kier alpha value is -7.30. The van der Waals surface area contributed by atoms with Crippen molar-refractivity contribution in [3.8, 4) is 67.5 Å². The van der Waals surface area contributed by atoms with E-state index in [-0.39, 0.29) is 0 Å². The van der Waals surface area contributed by atoms with E-state index in [1.807, 2.05) is 22.9 Å². The number of aromatic nitrogens is 4. The van der Waals surface area contributed by atoms with Crippen LogP contribution in [-0.2, 0) is 0 Å². The summed E-state index contributed by atoms with van der Waals surface area (Å²) in [5, 5.41) is 7.51. The van der Waals surface area contributed by atoms with Gasteiger partial charge in [0.15, 0.2) is 11.6 Å². The Kier molecular flexibility index (Phi) is 8.00. The van der Waals surface area contributed by atoms with Gasteiger partial charge in [-0.3, -0.25) is 0 Å². The van der Waals surface area contributed by atoms with Gasteiger partial charge in [0, 0.05) is 27.6 Å². The van der Waals surface area contributed by atoms with Gasteiger partial charge in [-0.25, -0.2) is 9.67 Å². The molecule has 0 fully saturated rings. The van der Waals surface area contributed by atoms with E-state index in [0.29, 0.717) is 5.82 Å². The molecule has 8 aromatic carbocycles. The minimum Gasteiger partial charge on any atom is -0.309 e. The van der Waals surface area contributed by atoms with Gasteiger partial charge in [-0.1, -0.05) is 163 Å². The number of nitrogens with zero attached hydrogens (tertiary/aromatic N) is 4. The minimum absolute atomic E-state index is 0.699. The van der Waals surface area contributed by atoms with Gasteiger partial charge in [-0.15, -0.1) is 5.10 Å². The molecule has 260 valence electrons. The molecule has 4 nitrogen and oxygen atoms in total. The molecule has 0 atom stereocenters. The zero-order chi connectivity index (χ0) is 36.7. The Morgan fingerprint density at radius 2 is 0.927 bits per heavy atom. The lowest BCUT2D eigenvalue weighted by Crippen LogP contribution is -2.00. The predicted octanol–water partition coefficient (Wildman–Crippen LogP) is 13.0. The zero-order valence-corrected chi connectivity index (χ0v) is 30.3. The average Bonchev–Trinajstić information content (AvgIpc) is 3.85. The molecular formula is C51H36N4. The third kappa shape index (κ3) is 5.81. The summed E-state index contributed by atoms with van der Waals surface area (Å²) in [6.45, 7) is 2.10. The van der Waals surface area contributed by atoms with Crippen molar-refractivity contribution < 1.29 is 0 Å². The molecular weight excluding hydrogens is 669 g/mol. The SMILES string of the molecule is Cc1ccc(-c2nc(-c3ccccc3)nn2-c2ccc(-c3ccccc3-c3ccccc3-c3ccc4c(c3)c3ccccc3n4-c3ccccc3)cc2)cc1. The van der Waals surface area contributed by atoms with Gasteiger partial charge in [-0.05, 0) is 82.8 Å². The fourth-order valence-electron chi connectivity index (χ4n) is 7.81. The molecule has 0 N–H and O–H groups in total. The first-order valence-electron chi connectivity index (χ1n) is 18.7. The minimum atomic E-state index is 0.699. The second-order valence-corrected chi connectivity index (χ2v) is 14.0. The summed E-state index contributed by atoms with van der Waals surface area (Å²) in [5.41, 5.74) is 14.8. The summed E-state index contributed by atoms with van der Waals surface area (Å²) in [4.78, 5) is 5.03. The molecule has 0 spiro atoms. The van der Waals surface area contributed by atoms with E-state index in [4.69, 9.17) is 10.1 Å². The normalized spacial score (nSPS) is 11.4. The van der Waals surface area contributed by atoms with Crippen molar-refractivity contribution in [1.29, 1.82) is 0 Å². The Labute approximate surface area is 320 Å². The lowest BCUT2D eigenvalue weighted by Gasteiger charge is -2.15. The molecule has 0 bridgehead atoms. The van der Waals surface area contributed by atoms with E-state index < -0.39 is 0 Å². The van der Waals surface area contributed by atoms with Crippen LogP contribution in [0.5, 0.6) is 0 Å². The lowest BCUT2D eigenvalue weighted by atomic mass is 9.89. The highest BCUT2D eigenvalue weighted by atomic mass is 15.4. The fraction of sp³-hybridized carbons (Fsp3) is 0.0196. The van der Waals surface area contributed by atoms with Crippen LogP contribution in [0.1, 0.15) is 5.56 Å². The highest BCUT2D eigenvalue weighted by molar-refractivity contribution is 6.11. The summed E-state index contributed by atoms with van der Waals surface area (Å²) in [6.07, 6.45) is 0. The third-order valence-corrected chi connectivity index (χ3v) is 10.5. The van der Waals surface area contributed by atoms with E-state index in [1.54, 1.807) is 0 Å². The molecule has 0 amide bonds. The maximum absolute atomic E-state index is 5.03. The number of benzene rings is 8. The zero-order valence-electron chi connectivity index (χ0n) is 30.3. The number of aryl methyl sites for hydroxylation is 1. The third-order valence-electron chi connectivity index (χ3n) is 10.5. The number of hydrogen-bond donors (Lipinski definition) is 0. The highest BCUT2D eigenvalue weighted by Gasteiger charge is 2.18. The molecule has 10 aromatic rings. The molecule has 55 heavy (non-hydrogen) atoms. The molecule has 4 heteroatoms. The quantitative estimate of drug-likeness (QED) is 0.166. The van der Waals surface area contributed by atoms with Crippen LogP contribution in [0.2, 0.25) is 0 Å². The van der Waals surface area contributed by atoms with E-state index in [9.17, 15) is 0 Å². The first kappa shape index (κ1) is 32.4. The van der Waals surface area contributed by atoms with Gasteiger partial charge in [0.05, 0.1) is 16.7 Å². The number of fused-ring (bicyclic) bond motifs is 3. The van der Waals surface area contributed by atoms with E-state index >= 15 is 0 Å². The van der Waals surface area contributed by atoms with Crippen molar-refractivity contribution >= 4 is 21.8 Å². The van der Waals surface area contributed by atoms with E-state index in [1.165, 1.54) is 55.2 Å². The molecule has 0 radical (unpaired) electrons. The summed E-state index contributed by atoms with van der Waals surface area (Å²) in [5.74, 6) is 1.51. The Morgan fingerprint density at radius 1 is 0.382 bits per heavy atom. The summed E-state index contributed by atoms with van der Waals surface area (Å²) in [6, 6.07) is 71.1. The smallest absolute Gasteiger partial charge is 0.182 e. The molecule has 2 aromatic heterocycles. The monoisotopic (exact) mass is 704 g/mol. The van der Waals surface area contributed by atoms with Crippen LogP contribution in [-0.4, -0.2) is 19.3 Å². The molecule has 0 aliphatic rings. The molecule has 10 rings (SSSR count). The molecule has 0 aliphatic carbocycles. The second-order valence-electron chi connectivity index (χ2n) is 14.0. The maximum atomic E-state index is 5.03. The van der Waals surface area contributed by atoms with Gasteiger partial charge in [0.25, 0.3) is 0 Å². The number of rotatable bonds is 7. The number of hydrogen-bond acceptors (Lipinski definition) is 2. The highest BCUT2D eigenvalue weighted by Crippen LogP contribution is 2.41. The average molecular weight is 705 g/mol. The Bertz CT molecular complexity index is 2960. The maximum Gasteiger partial charge on any atom is 0.182 e. The van der Waals surface area contributed by atoms with Crippen molar-refractivity contribution in [2.75, 3.05) is 0 Å². The van der Waals surface area contributed by atoms with Crippen LogP contribution in [0.15, 0.2) is 200 Å². The number of para-hydroxylation sites is 2. The van der Waals surface area contributed by atoms with E-state index in [0.717, 1.165) is 33.9 Å². The first-order valence-corrected chi connectivity index (χ1v) is 18.7. The van der Waals surface area contributed by atoms with Gasteiger partial charge >= 0.3 is 0 Å². The molecule has 0 saturated heterocycles. The summed E-state index contributed by atoms with van der Waals surface area (Å²) < 4.78 is 4.33. The van der Waals surface area contributed by atoms with Crippen molar-refractivity contribution in [3.63, 3.8) is 0 Å². The van der Waals surface area contributed by atoms with E-state index in [2.05, 4.69) is 193 Å². The second kappa shape index (κ2) is 13.6. The topological polar surface area (TPSA) is 35.6 Å². The van der Waals surface area contributed by atoms with Gasteiger partial charge in [0.2, 0.25) is 0 Å². The van der Waals surface area contributed by atoms with Crippen LogP contribution in [0.4, 0.5) is 0 Å². The van der Waals surface area contributed by atoms with Crippen LogP contribution in [0.25, 0.3) is 89.3 Å². The molecule has 2 heterocycles. The molecule has 0 aliphatic heterocycles. The lowest BCUT2D eigenvalue weighted by molar-refractivity contribution is 0.890. The summed E-state index contributed by atoms with van der Waals surface area (Å²) in [7, 11) is 0. The largest absolute Gasteiger partial charge is 0.309 e. The molecule has 0 unspecified atom stereocenters.